The van der Waals surface area contributed by atoms with Gasteiger partial charge in [0.05, 0.1) is 12.8 Å². The van der Waals surface area contributed by atoms with Crippen LogP contribution in [0.4, 0.5) is 10.7 Å². The summed E-state index contributed by atoms with van der Waals surface area (Å²) < 4.78 is 5.14. The molecule has 140 valence electrons. The predicted molar refractivity (Wildman–Crippen MR) is 97.4 cm³/mol. The second-order valence-electron chi connectivity index (χ2n) is 6.47. The van der Waals surface area contributed by atoms with Crippen molar-refractivity contribution in [2.45, 2.75) is 26.3 Å². The van der Waals surface area contributed by atoms with Crippen molar-refractivity contribution in [2.75, 3.05) is 38.2 Å². The van der Waals surface area contributed by atoms with E-state index in [0.717, 1.165) is 11.4 Å². The number of aromatic nitrogens is 4. The largest absolute Gasteiger partial charge is 0.481 e. The van der Waals surface area contributed by atoms with E-state index in [1.165, 1.54) is 0 Å². The van der Waals surface area contributed by atoms with Crippen molar-refractivity contribution in [1.82, 2.24) is 30.4 Å². The molecule has 26 heavy (non-hydrogen) atoms. The minimum Gasteiger partial charge on any atom is -0.481 e. The molecule has 0 bridgehead atoms. The number of aryl methyl sites for hydroxylation is 1. The summed E-state index contributed by atoms with van der Waals surface area (Å²) in [5.74, 6) is 1.17. The zero-order valence-corrected chi connectivity index (χ0v) is 15.4. The van der Waals surface area contributed by atoms with E-state index >= 15 is 0 Å². The van der Waals surface area contributed by atoms with Crippen molar-refractivity contribution in [3.8, 4) is 5.88 Å². The molecule has 1 aliphatic rings. The number of hydrogen-bond donors (Lipinski definition) is 2. The summed E-state index contributed by atoms with van der Waals surface area (Å²) in [5, 5.41) is 10.2. The first kappa shape index (κ1) is 18.0. The van der Waals surface area contributed by atoms with Crippen LogP contribution in [0.25, 0.3) is 0 Å². The number of nitrogens with zero attached hydrogens (tertiary/aromatic N) is 5. The Hall–Kier alpha value is -2.84. The van der Waals surface area contributed by atoms with Crippen molar-refractivity contribution in [2.24, 2.45) is 0 Å². The molecule has 2 aromatic rings. The molecule has 0 saturated carbocycles. The summed E-state index contributed by atoms with van der Waals surface area (Å²) in [5.41, 5.74) is 1.98. The number of piperazine rings is 1. The normalized spacial score (nSPS) is 15.7. The van der Waals surface area contributed by atoms with E-state index < -0.39 is 0 Å². The quantitative estimate of drug-likeness (QED) is 0.826. The molecule has 3 heterocycles. The molecular formula is C17H25N7O2. The van der Waals surface area contributed by atoms with E-state index in [1.807, 2.05) is 24.8 Å². The average Bonchev–Trinajstić information content (AvgIpc) is 3.06. The summed E-state index contributed by atoms with van der Waals surface area (Å²) in [6.07, 6.45) is 2.38. The number of aromatic amines is 1. The molecule has 1 saturated heterocycles. The van der Waals surface area contributed by atoms with Crippen LogP contribution in [0.3, 0.4) is 0 Å². The van der Waals surface area contributed by atoms with E-state index in [9.17, 15) is 4.79 Å². The highest BCUT2D eigenvalue weighted by Crippen LogP contribution is 2.14. The van der Waals surface area contributed by atoms with Crippen LogP contribution in [-0.4, -0.2) is 70.4 Å². The molecule has 9 nitrogen and oxygen atoms in total. The third kappa shape index (κ3) is 4.41. The number of ether oxygens (including phenoxy) is 1. The minimum absolute atomic E-state index is 0.0185. The highest BCUT2D eigenvalue weighted by molar-refractivity contribution is 5.74. The molecule has 0 radical (unpaired) electrons. The lowest BCUT2D eigenvalue weighted by Gasteiger charge is -2.35. The minimum atomic E-state index is -0.0454. The van der Waals surface area contributed by atoms with Crippen LogP contribution in [0.2, 0.25) is 0 Å². The zero-order valence-electron chi connectivity index (χ0n) is 15.4. The maximum atomic E-state index is 12.5. The van der Waals surface area contributed by atoms with Gasteiger partial charge in [0.25, 0.3) is 0 Å². The van der Waals surface area contributed by atoms with Crippen LogP contribution >= 0.6 is 0 Å². The van der Waals surface area contributed by atoms with Crippen LogP contribution < -0.4 is 15.0 Å². The first-order valence-electron chi connectivity index (χ1n) is 8.73. The van der Waals surface area contributed by atoms with Crippen molar-refractivity contribution < 1.29 is 9.53 Å². The molecule has 0 aliphatic carbocycles. The van der Waals surface area contributed by atoms with Crippen LogP contribution in [0.1, 0.15) is 18.3 Å². The fourth-order valence-corrected chi connectivity index (χ4v) is 2.95. The number of anilines is 1. The predicted octanol–water partition coefficient (Wildman–Crippen LogP) is 0.980. The van der Waals surface area contributed by atoms with E-state index in [4.69, 9.17) is 4.74 Å². The zero-order chi connectivity index (χ0) is 18.5. The molecule has 2 aromatic heterocycles. The summed E-state index contributed by atoms with van der Waals surface area (Å²) >= 11 is 0. The first-order chi connectivity index (χ1) is 12.5. The number of carbonyl (C=O) groups excluding carboxylic acids is 1. The molecule has 0 aromatic carbocycles. The molecule has 2 amide bonds. The molecule has 1 aliphatic heterocycles. The molecule has 2 N–H and O–H groups in total. The topological polar surface area (TPSA) is 99.3 Å². The molecular weight excluding hydrogens is 334 g/mol. The van der Waals surface area contributed by atoms with Crippen LogP contribution in [0.15, 0.2) is 18.3 Å². The first-order valence-corrected chi connectivity index (χ1v) is 8.73. The Morgan fingerprint density at radius 2 is 2.15 bits per heavy atom. The van der Waals surface area contributed by atoms with Gasteiger partial charge in [-0.15, -0.1) is 0 Å². The number of methoxy groups -OCH3 is 1. The van der Waals surface area contributed by atoms with E-state index in [-0.39, 0.29) is 12.1 Å². The van der Waals surface area contributed by atoms with Gasteiger partial charge in [-0.05, 0) is 19.9 Å². The van der Waals surface area contributed by atoms with Gasteiger partial charge in [-0.1, -0.05) is 0 Å². The highest BCUT2D eigenvalue weighted by Gasteiger charge is 2.23. The summed E-state index contributed by atoms with van der Waals surface area (Å²) in [4.78, 5) is 25.0. The lowest BCUT2D eigenvalue weighted by molar-refractivity contribution is 0.190. The number of hydrogen-bond acceptors (Lipinski definition) is 6. The van der Waals surface area contributed by atoms with Gasteiger partial charge in [-0.25, -0.2) is 9.78 Å². The lowest BCUT2D eigenvalue weighted by atomic mass is 10.2. The standard InChI is InChI=1S/C17H25N7O2/c1-12(10-14-11-13(2)21-22-14)19-17(25)24-8-6-23(7-9-24)16-18-5-4-15(20-16)26-3/h4-5,11-12H,6-10H2,1-3H3,(H,19,25)(H,21,22). The summed E-state index contributed by atoms with van der Waals surface area (Å²) in [6, 6.07) is 3.69. The second-order valence-corrected chi connectivity index (χ2v) is 6.47. The molecule has 1 unspecified atom stereocenters. The SMILES string of the molecule is COc1ccnc(N2CCN(C(=O)NC(C)Cc3cc(C)[nH]n3)CC2)n1. The van der Waals surface area contributed by atoms with Crippen LogP contribution in [0, 0.1) is 6.92 Å². The smallest absolute Gasteiger partial charge is 0.317 e. The van der Waals surface area contributed by atoms with Crippen molar-refractivity contribution in [3.63, 3.8) is 0 Å². The summed E-state index contributed by atoms with van der Waals surface area (Å²) in [7, 11) is 1.58. The lowest BCUT2D eigenvalue weighted by Crippen LogP contribution is -2.53. The molecule has 0 spiro atoms. The van der Waals surface area contributed by atoms with Gasteiger partial charge in [0.15, 0.2) is 0 Å². The van der Waals surface area contributed by atoms with Gasteiger partial charge in [0, 0.05) is 56.6 Å². The maximum absolute atomic E-state index is 12.5. The number of nitrogens with one attached hydrogen (secondary N) is 2. The van der Waals surface area contributed by atoms with Gasteiger partial charge in [-0.3, -0.25) is 5.10 Å². The third-order valence-corrected chi connectivity index (χ3v) is 4.32. The van der Waals surface area contributed by atoms with Crippen molar-refractivity contribution in [1.29, 1.82) is 0 Å². The Kier molecular flexibility index (Phi) is 5.55. The van der Waals surface area contributed by atoms with Crippen LogP contribution in [0.5, 0.6) is 5.88 Å². The fraction of sp³-hybridized carbons (Fsp3) is 0.529. The van der Waals surface area contributed by atoms with Gasteiger partial charge < -0.3 is 19.9 Å². The Morgan fingerprint density at radius 1 is 1.38 bits per heavy atom. The monoisotopic (exact) mass is 359 g/mol. The molecule has 3 rings (SSSR count). The molecule has 1 atom stereocenters. The number of rotatable bonds is 5. The van der Waals surface area contributed by atoms with Gasteiger partial charge in [0.1, 0.15) is 0 Å². The number of carbonyl (C=O) groups is 1. The Labute approximate surface area is 152 Å². The van der Waals surface area contributed by atoms with Crippen LogP contribution in [-0.2, 0) is 6.42 Å². The Morgan fingerprint density at radius 3 is 2.81 bits per heavy atom. The van der Waals surface area contributed by atoms with E-state index in [1.54, 1.807) is 19.4 Å². The average molecular weight is 359 g/mol. The van der Waals surface area contributed by atoms with E-state index in [2.05, 4.69) is 30.4 Å². The van der Waals surface area contributed by atoms with Crippen molar-refractivity contribution >= 4 is 12.0 Å². The summed E-state index contributed by atoms with van der Waals surface area (Å²) in [6.45, 7) is 6.58. The highest BCUT2D eigenvalue weighted by atomic mass is 16.5. The van der Waals surface area contributed by atoms with Crippen molar-refractivity contribution in [3.05, 3.63) is 29.7 Å². The fourth-order valence-electron chi connectivity index (χ4n) is 2.95. The van der Waals surface area contributed by atoms with Gasteiger partial charge >= 0.3 is 6.03 Å². The Balaban J connectivity index is 1.48. The number of H-pyrrole nitrogens is 1. The second kappa shape index (κ2) is 8.03. The number of urea groups is 1. The van der Waals surface area contributed by atoms with Gasteiger partial charge in [-0.2, -0.15) is 10.1 Å². The Bertz CT molecular complexity index is 740. The molecule has 1 fully saturated rings. The van der Waals surface area contributed by atoms with Gasteiger partial charge in [0.2, 0.25) is 11.8 Å². The molecule has 9 heteroatoms. The number of amides is 2. The maximum Gasteiger partial charge on any atom is 0.317 e. The van der Waals surface area contributed by atoms with E-state index in [0.29, 0.717) is 44.4 Å². The third-order valence-electron chi connectivity index (χ3n) is 4.32.